The van der Waals surface area contributed by atoms with Gasteiger partial charge in [0, 0.05) is 17.1 Å². The number of benzene rings is 2. The largest absolute Gasteiger partial charge is 0.496 e. The molecule has 0 unspecified atom stereocenters. The molecular formula is C19H22ClNO2. The molecule has 0 saturated heterocycles. The van der Waals surface area contributed by atoms with Crippen LogP contribution in [0.1, 0.15) is 29.5 Å². The van der Waals surface area contributed by atoms with E-state index in [2.05, 4.69) is 11.4 Å². The third-order valence-corrected chi connectivity index (χ3v) is 4.19. The Balaban J connectivity index is 1.82. The Labute approximate surface area is 142 Å². The molecule has 2 rings (SSSR count). The second kappa shape index (κ2) is 8.02. The van der Waals surface area contributed by atoms with Gasteiger partial charge in [0.05, 0.1) is 7.11 Å². The number of ether oxygens (including phenoxy) is 1. The van der Waals surface area contributed by atoms with Gasteiger partial charge in [-0.3, -0.25) is 4.79 Å². The normalized spacial score (nSPS) is 10.4. The molecule has 0 aliphatic rings. The van der Waals surface area contributed by atoms with Crippen molar-refractivity contribution in [3.05, 3.63) is 58.1 Å². The van der Waals surface area contributed by atoms with Gasteiger partial charge in [0.1, 0.15) is 5.75 Å². The van der Waals surface area contributed by atoms with E-state index in [0.29, 0.717) is 11.4 Å². The van der Waals surface area contributed by atoms with Crippen LogP contribution in [0.5, 0.6) is 5.75 Å². The molecule has 0 radical (unpaired) electrons. The topological polar surface area (TPSA) is 38.3 Å². The fourth-order valence-electron chi connectivity index (χ4n) is 2.44. The minimum atomic E-state index is 0.00940. The smallest absolute Gasteiger partial charge is 0.224 e. The zero-order valence-electron chi connectivity index (χ0n) is 13.8. The summed E-state index contributed by atoms with van der Waals surface area (Å²) in [6, 6.07) is 11.7. The number of amides is 1. The van der Waals surface area contributed by atoms with Gasteiger partial charge in [-0.1, -0.05) is 29.8 Å². The lowest BCUT2D eigenvalue weighted by Crippen LogP contribution is -2.11. The van der Waals surface area contributed by atoms with Crippen molar-refractivity contribution < 1.29 is 9.53 Å². The van der Waals surface area contributed by atoms with Crippen molar-refractivity contribution in [2.75, 3.05) is 12.4 Å². The highest BCUT2D eigenvalue weighted by Gasteiger charge is 2.05. The summed E-state index contributed by atoms with van der Waals surface area (Å²) in [5, 5.41) is 3.55. The van der Waals surface area contributed by atoms with Crippen LogP contribution in [0.15, 0.2) is 36.4 Å². The van der Waals surface area contributed by atoms with Gasteiger partial charge >= 0.3 is 0 Å². The highest BCUT2D eigenvalue weighted by molar-refractivity contribution is 6.31. The van der Waals surface area contributed by atoms with Gasteiger partial charge < -0.3 is 10.1 Å². The van der Waals surface area contributed by atoms with Gasteiger partial charge in [-0.2, -0.15) is 0 Å². The first-order valence-electron chi connectivity index (χ1n) is 7.69. The highest BCUT2D eigenvalue weighted by atomic mass is 35.5. The summed E-state index contributed by atoms with van der Waals surface area (Å²) in [4.78, 5) is 12.0. The Kier molecular flexibility index (Phi) is 6.05. The molecule has 3 nitrogen and oxygen atoms in total. The average molecular weight is 332 g/mol. The molecule has 0 aromatic heterocycles. The van der Waals surface area contributed by atoms with Crippen LogP contribution < -0.4 is 10.1 Å². The number of aryl methyl sites for hydroxylation is 3. The molecule has 23 heavy (non-hydrogen) atoms. The third-order valence-electron chi connectivity index (χ3n) is 3.78. The first-order chi connectivity index (χ1) is 11.0. The maximum Gasteiger partial charge on any atom is 0.224 e. The molecule has 1 amide bonds. The Morgan fingerprint density at radius 1 is 1.13 bits per heavy atom. The number of anilines is 1. The van der Waals surface area contributed by atoms with Crippen molar-refractivity contribution in [2.24, 2.45) is 0 Å². The SMILES string of the molecule is COc1ccc(CCCC(=O)Nc2ccc(C)c(Cl)c2)cc1C. The van der Waals surface area contributed by atoms with Gasteiger partial charge in [0.25, 0.3) is 0 Å². The Bertz CT molecular complexity index is 698. The second-order valence-electron chi connectivity index (χ2n) is 5.67. The number of halogens is 1. The quantitative estimate of drug-likeness (QED) is 0.815. The number of carbonyl (C=O) groups excluding carboxylic acids is 1. The Hall–Kier alpha value is -2.00. The molecule has 0 saturated carbocycles. The van der Waals surface area contributed by atoms with E-state index in [-0.39, 0.29) is 5.91 Å². The van der Waals surface area contributed by atoms with E-state index in [4.69, 9.17) is 16.3 Å². The standard InChI is InChI=1S/C19H22ClNO2/c1-13-7-9-16(12-17(13)20)21-19(22)6-4-5-15-8-10-18(23-3)14(2)11-15/h7-12H,4-6H2,1-3H3,(H,21,22). The number of hydrogen-bond donors (Lipinski definition) is 1. The van der Waals surface area contributed by atoms with Crippen LogP contribution in [0.4, 0.5) is 5.69 Å². The van der Waals surface area contributed by atoms with Crippen molar-refractivity contribution in [3.63, 3.8) is 0 Å². The first kappa shape index (κ1) is 17.4. The molecule has 0 aliphatic carbocycles. The van der Waals surface area contributed by atoms with Gasteiger partial charge in [0.2, 0.25) is 5.91 Å². The van der Waals surface area contributed by atoms with E-state index in [9.17, 15) is 4.79 Å². The van der Waals surface area contributed by atoms with Crippen LogP contribution in [0.2, 0.25) is 5.02 Å². The van der Waals surface area contributed by atoms with Crippen molar-refractivity contribution in [3.8, 4) is 5.75 Å². The predicted octanol–water partition coefficient (Wildman–Crippen LogP) is 4.93. The van der Waals surface area contributed by atoms with Gasteiger partial charge in [-0.05, 0) is 61.6 Å². The van der Waals surface area contributed by atoms with Crippen LogP contribution in [-0.2, 0) is 11.2 Å². The van der Waals surface area contributed by atoms with Crippen molar-refractivity contribution in [1.82, 2.24) is 0 Å². The number of carbonyl (C=O) groups is 1. The summed E-state index contributed by atoms with van der Waals surface area (Å²) in [7, 11) is 1.67. The van der Waals surface area contributed by atoms with Crippen LogP contribution in [0.25, 0.3) is 0 Å². The van der Waals surface area contributed by atoms with Gasteiger partial charge in [-0.25, -0.2) is 0 Å². The van der Waals surface area contributed by atoms with Crippen molar-refractivity contribution in [2.45, 2.75) is 33.1 Å². The Morgan fingerprint density at radius 2 is 1.91 bits per heavy atom. The minimum Gasteiger partial charge on any atom is -0.496 e. The molecule has 0 spiro atoms. The van der Waals surface area contributed by atoms with E-state index < -0.39 is 0 Å². The number of hydrogen-bond acceptors (Lipinski definition) is 2. The van der Waals surface area contributed by atoms with E-state index in [1.165, 1.54) is 5.56 Å². The van der Waals surface area contributed by atoms with E-state index in [1.807, 2.05) is 38.1 Å². The van der Waals surface area contributed by atoms with Crippen molar-refractivity contribution >= 4 is 23.2 Å². The van der Waals surface area contributed by atoms with E-state index in [0.717, 1.165) is 35.4 Å². The van der Waals surface area contributed by atoms with Crippen molar-refractivity contribution in [1.29, 1.82) is 0 Å². The summed E-state index contributed by atoms with van der Waals surface area (Å²) >= 11 is 6.06. The summed E-state index contributed by atoms with van der Waals surface area (Å²) < 4.78 is 5.25. The third kappa shape index (κ3) is 5.00. The zero-order chi connectivity index (χ0) is 16.8. The molecule has 4 heteroatoms. The van der Waals surface area contributed by atoms with Crippen LogP contribution in [-0.4, -0.2) is 13.0 Å². The molecule has 0 fully saturated rings. The molecule has 122 valence electrons. The fraction of sp³-hybridized carbons (Fsp3) is 0.316. The highest BCUT2D eigenvalue weighted by Crippen LogP contribution is 2.21. The number of methoxy groups -OCH3 is 1. The maximum atomic E-state index is 12.0. The molecule has 0 heterocycles. The summed E-state index contributed by atoms with van der Waals surface area (Å²) in [6.45, 7) is 3.96. The van der Waals surface area contributed by atoms with E-state index in [1.54, 1.807) is 13.2 Å². The molecular weight excluding hydrogens is 310 g/mol. The van der Waals surface area contributed by atoms with Crippen LogP contribution in [0, 0.1) is 13.8 Å². The van der Waals surface area contributed by atoms with Crippen LogP contribution >= 0.6 is 11.6 Å². The predicted molar refractivity (Wildman–Crippen MR) is 95.5 cm³/mol. The monoisotopic (exact) mass is 331 g/mol. The molecule has 1 N–H and O–H groups in total. The molecule has 0 atom stereocenters. The van der Waals surface area contributed by atoms with Gasteiger partial charge in [0.15, 0.2) is 0 Å². The molecule has 0 bridgehead atoms. The summed E-state index contributed by atoms with van der Waals surface area (Å²) in [5.74, 6) is 0.901. The average Bonchev–Trinajstić information content (AvgIpc) is 2.51. The molecule has 2 aromatic carbocycles. The fourth-order valence-corrected chi connectivity index (χ4v) is 2.62. The summed E-state index contributed by atoms with van der Waals surface area (Å²) in [5.41, 5.74) is 4.07. The number of nitrogens with one attached hydrogen (secondary N) is 1. The molecule has 0 aliphatic heterocycles. The lowest BCUT2D eigenvalue weighted by atomic mass is 10.0. The zero-order valence-corrected chi connectivity index (χ0v) is 14.5. The lowest BCUT2D eigenvalue weighted by Gasteiger charge is -2.08. The van der Waals surface area contributed by atoms with Gasteiger partial charge in [-0.15, -0.1) is 0 Å². The van der Waals surface area contributed by atoms with Crippen LogP contribution in [0.3, 0.4) is 0 Å². The minimum absolute atomic E-state index is 0.00940. The second-order valence-corrected chi connectivity index (χ2v) is 6.08. The lowest BCUT2D eigenvalue weighted by molar-refractivity contribution is -0.116. The maximum absolute atomic E-state index is 12.0. The Morgan fingerprint density at radius 3 is 2.57 bits per heavy atom. The first-order valence-corrected chi connectivity index (χ1v) is 8.07. The van der Waals surface area contributed by atoms with E-state index >= 15 is 0 Å². The summed E-state index contributed by atoms with van der Waals surface area (Å²) in [6.07, 6.45) is 2.15. The molecule has 2 aromatic rings. The number of rotatable bonds is 6.